The van der Waals surface area contributed by atoms with E-state index in [0.29, 0.717) is 0 Å². The highest BCUT2D eigenvalue weighted by Gasteiger charge is 2.19. The minimum Gasteiger partial charge on any atom is -0.361 e. The van der Waals surface area contributed by atoms with Crippen LogP contribution in [-0.4, -0.2) is 26.4 Å². The van der Waals surface area contributed by atoms with E-state index >= 15 is 0 Å². The van der Waals surface area contributed by atoms with Crippen molar-refractivity contribution < 1.29 is 0 Å². The van der Waals surface area contributed by atoms with Crippen LogP contribution in [0, 0.1) is 6.92 Å². The highest BCUT2D eigenvalue weighted by molar-refractivity contribution is 9.10. The number of benzene rings is 1. The van der Waals surface area contributed by atoms with Crippen LogP contribution in [0.3, 0.4) is 0 Å². The Morgan fingerprint density at radius 3 is 3.18 bits per heavy atom. The monoisotopic (exact) mass is 356 g/mol. The van der Waals surface area contributed by atoms with E-state index in [-0.39, 0.29) is 0 Å². The molecule has 0 bridgehead atoms. The Kier molecular flexibility index (Phi) is 3.47. The number of fused-ring (bicyclic) bond motifs is 2. The van der Waals surface area contributed by atoms with Crippen molar-refractivity contribution in [2.75, 3.05) is 6.54 Å². The van der Waals surface area contributed by atoms with Gasteiger partial charge >= 0.3 is 0 Å². The first kappa shape index (κ1) is 13.9. The van der Waals surface area contributed by atoms with Crippen molar-refractivity contribution in [2.24, 2.45) is 0 Å². The Labute approximate surface area is 137 Å². The zero-order chi connectivity index (χ0) is 15.1. The van der Waals surface area contributed by atoms with Gasteiger partial charge in [-0.2, -0.15) is 0 Å². The SMILES string of the molecule is Cc1ncc2c(n1)CN(Cc1c[nH]c3ccc(Br)cc13)CC2. The van der Waals surface area contributed by atoms with Gasteiger partial charge in [0.25, 0.3) is 0 Å². The number of aromatic amines is 1. The third-order valence-electron chi connectivity index (χ3n) is 4.27. The number of nitrogens with zero attached hydrogens (tertiary/aromatic N) is 3. The molecule has 112 valence electrons. The number of hydrogen-bond donors (Lipinski definition) is 1. The lowest BCUT2D eigenvalue weighted by Gasteiger charge is -2.27. The average molecular weight is 357 g/mol. The van der Waals surface area contributed by atoms with Crippen LogP contribution in [0.5, 0.6) is 0 Å². The summed E-state index contributed by atoms with van der Waals surface area (Å²) in [5, 5.41) is 1.29. The lowest BCUT2D eigenvalue weighted by atomic mass is 10.1. The van der Waals surface area contributed by atoms with E-state index in [4.69, 9.17) is 0 Å². The number of aromatic nitrogens is 3. The lowest BCUT2D eigenvalue weighted by molar-refractivity contribution is 0.241. The first-order chi connectivity index (χ1) is 10.7. The van der Waals surface area contributed by atoms with Crippen LogP contribution < -0.4 is 0 Å². The summed E-state index contributed by atoms with van der Waals surface area (Å²) < 4.78 is 1.12. The van der Waals surface area contributed by atoms with Crippen LogP contribution in [0.1, 0.15) is 22.6 Å². The predicted molar refractivity (Wildman–Crippen MR) is 90.6 cm³/mol. The Hall–Kier alpha value is -1.72. The molecule has 0 fully saturated rings. The van der Waals surface area contributed by atoms with Gasteiger partial charge in [0, 0.05) is 47.4 Å². The fourth-order valence-electron chi connectivity index (χ4n) is 3.11. The molecule has 4 rings (SSSR count). The molecule has 4 nitrogen and oxygen atoms in total. The molecule has 3 aromatic rings. The molecule has 0 atom stereocenters. The molecule has 0 unspecified atom stereocenters. The maximum atomic E-state index is 4.60. The fourth-order valence-corrected chi connectivity index (χ4v) is 3.48. The summed E-state index contributed by atoms with van der Waals surface area (Å²) in [6.45, 7) is 4.86. The summed E-state index contributed by atoms with van der Waals surface area (Å²) in [6, 6.07) is 6.37. The van der Waals surface area contributed by atoms with E-state index < -0.39 is 0 Å². The van der Waals surface area contributed by atoms with Crippen LogP contribution >= 0.6 is 15.9 Å². The van der Waals surface area contributed by atoms with Crippen molar-refractivity contribution in [1.29, 1.82) is 0 Å². The number of nitrogens with one attached hydrogen (secondary N) is 1. The molecule has 0 aliphatic carbocycles. The van der Waals surface area contributed by atoms with E-state index in [1.807, 2.05) is 13.1 Å². The molecule has 0 spiro atoms. The molecule has 1 N–H and O–H groups in total. The second-order valence-corrected chi connectivity index (χ2v) is 6.77. The van der Waals surface area contributed by atoms with Crippen molar-refractivity contribution in [3.8, 4) is 0 Å². The fraction of sp³-hybridized carbons (Fsp3) is 0.294. The molecule has 1 aromatic carbocycles. The van der Waals surface area contributed by atoms with Crippen molar-refractivity contribution in [1.82, 2.24) is 19.9 Å². The van der Waals surface area contributed by atoms with Gasteiger partial charge in [-0.15, -0.1) is 0 Å². The molecule has 1 aliphatic rings. The zero-order valence-electron chi connectivity index (χ0n) is 12.4. The highest BCUT2D eigenvalue weighted by Crippen LogP contribution is 2.25. The smallest absolute Gasteiger partial charge is 0.125 e. The van der Waals surface area contributed by atoms with Crippen molar-refractivity contribution >= 4 is 26.8 Å². The van der Waals surface area contributed by atoms with Crippen molar-refractivity contribution in [3.05, 3.63) is 57.7 Å². The van der Waals surface area contributed by atoms with Gasteiger partial charge in [-0.1, -0.05) is 15.9 Å². The maximum Gasteiger partial charge on any atom is 0.125 e. The Bertz CT molecular complexity index is 840. The van der Waals surface area contributed by atoms with E-state index in [0.717, 1.165) is 36.4 Å². The largest absolute Gasteiger partial charge is 0.361 e. The Morgan fingerprint density at radius 1 is 1.36 bits per heavy atom. The average Bonchev–Trinajstić information content (AvgIpc) is 2.89. The molecular formula is C17H17BrN4. The van der Waals surface area contributed by atoms with Gasteiger partial charge < -0.3 is 4.98 Å². The lowest BCUT2D eigenvalue weighted by Crippen LogP contribution is -2.31. The summed E-state index contributed by atoms with van der Waals surface area (Å²) in [5.74, 6) is 0.858. The van der Waals surface area contributed by atoms with E-state index in [9.17, 15) is 0 Å². The van der Waals surface area contributed by atoms with Gasteiger partial charge in [-0.25, -0.2) is 9.97 Å². The highest BCUT2D eigenvalue weighted by atomic mass is 79.9. The van der Waals surface area contributed by atoms with Crippen LogP contribution in [0.15, 0.2) is 35.1 Å². The minimum atomic E-state index is 0.858. The van der Waals surface area contributed by atoms with Gasteiger partial charge in [0.15, 0.2) is 0 Å². The quantitative estimate of drug-likeness (QED) is 0.762. The summed E-state index contributed by atoms with van der Waals surface area (Å²) in [4.78, 5) is 14.7. The number of halogens is 1. The van der Waals surface area contributed by atoms with Gasteiger partial charge in [0.05, 0.1) is 5.69 Å². The van der Waals surface area contributed by atoms with Crippen molar-refractivity contribution in [3.63, 3.8) is 0 Å². The third kappa shape index (κ3) is 2.55. The molecule has 5 heteroatoms. The molecule has 0 amide bonds. The summed E-state index contributed by atoms with van der Waals surface area (Å²) in [7, 11) is 0. The zero-order valence-corrected chi connectivity index (χ0v) is 14.0. The maximum absolute atomic E-state index is 4.60. The summed E-state index contributed by atoms with van der Waals surface area (Å²) >= 11 is 3.56. The minimum absolute atomic E-state index is 0.858. The molecule has 0 saturated carbocycles. The number of aryl methyl sites for hydroxylation is 1. The first-order valence-corrected chi connectivity index (χ1v) is 8.27. The third-order valence-corrected chi connectivity index (χ3v) is 4.76. The normalized spacial score (nSPS) is 15.2. The second-order valence-electron chi connectivity index (χ2n) is 5.85. The standard InChI is InChI=1S/C17H17BrN4/c1-11-19-7-12-4-5-22(10-17(12)21-11)9-13-8-20-16-3-2-14(18)6-15(13)16/h2-3,6-8,20H,4-5,9-10H2,1H3. The molecule has 3 heterocycles. The molecule has 1 aliphatic heterocycles. The van der Waals surface area contributed by atoms with Crippen molar-refractivity contribution in [2.45, 2.75) is 26.4 Å². The molecular weight excluding hydrogens is 340 g/mol. The van der Waals surface area contributed by atoms with E-state index in [2.05, 4.69) is 60.2 Å². The molecule has 0 saturated heterocycles. The number of H-pyrrole nitrogens is 1. The Balaban J connectivity index is 1.60. The van der Waals surface area contributed by atoms with Gasteiger partial charge in [-0.05, 0) is 42.7 Å². The second kappa shape index (κ2) is 5.48. The first-order valence-electron chi connectivity index (χ1n) is 7.48. The topological polar surface area (TPSA) is 44.8 Å². The molecule has 2 aromatic heterocycles. The van der Waals surface area contributed by atoms with E-state index in [1.54, 1.807) is 0 Å². The van der Waals surface area contributed by atoms with Gasteiger partial charge in [0.1, 0.15) is 5.82 Å². The van der Waals surface area contributed by atoms with Gasteiger partial charge in [0.2, 0.25) is 0 Å². The van der Waals surface area contributed by atoms with Crippen LogP contribution in [0.2, 0.25) is 0 Å². The Morgan fingerprint density at radius 2 is 2.27 bits per heavy atom. The molecule has 0 radical (unpaired) electrons. The van der Waals surface area contributed by atoms with Gasteiger partial charge in [-0.3, -0.25) is 4.90 Å². The number of rotatable bonds is 2. The van der Waals surface area contributed by atoms with Crippen LogP contribution in [0.25, 0.3) is 10.9 Å². The van der Waals surface area contributed by atoms with E-state index in [1.165, 1.54) is 27.7 Å². The number of hydrogen-bond acceptors (Lipinski definition) is 3. The van der Waals surface area contributed by atoms with Crippen LogP contribution in [0.4, 0.5) is 0 Å². The summed E-state index contributed by atoms with van der Waals surface area (Å²) in [5.41, 5.74) is 5.00. The van der Waals surface area contributed by atoms with Crippen LogP contribution in [-0.2, 0) is 19.5 Å². The summed E-state index contributed by atoms with van der Waals surface area (Å²) in [6.07, 6.45) is 5.14. The predicted octanol–water partition coefficient (Wildman–Crippen LogP) is 3.59. The molecule has 22 heavy (non-hydrogen) atoms.